The number of fused-ring (bicyclic) bond motifs is 7. The van der Waals surface area contributed by atoms with Crippen molar-refractivity contribution in [1.82, 2.24) is 4.90 Å². The first-order chi connectivity index (χ1) is 18.6. The maximum absolute atomic E-state index is 12.8. The standard InChI is InChI=1S/C28H28N2O8/c1-32-19-6-4-18(5-7-19)29-22(31)8-9-30-12-16-10-20(33-2)25-27(37-14-35-25)23(16)24-17(13-30)11-21(34-3)26-28(24)38-15-36-26/h4-7,10-11H,8-9,12-15H2,1-3H3,(H,29,31). The molecule has 6 rings (SSSR count). The van der Waals surface area contributed by atoms with Crippen LogP contribution in [0.5, 0.6) is 40.2 Å². The van der Waals surface area contributed by atoms with Crippen LogP contribution in [0, 0.1) is 0 Å². The SMILES string of the molecule is COc1ccc(NC(=O)CCN2Cc3cc(OC)c4c(c3-c3c(cc(OC)c5c3OCO5)C2)OCO4)cc1. The monoisotopic (exact) mass is 520 g/mol. The maximum atomic E-state index is 12.8. The summed E-state index contributed by atoms with van der Waals surface area (Å²) in [5, 5.41) is 2.96. The van der Waals surface area contributed by atoms with Gasteiger partial charge in [0.05, 0.1) is 21.3 Å². The fourth-order valence-electron chi connectivity index (χ4n) is 5.13. The van der Waals surface area contributed by atoms with Crippen molar-refractivity contribution in [2.75, 3.05) is 46.8 Å². The van der Waals surface area contributed by atoms with Crippen LogP contribution in [0.25, 0.3) is 11.1 Å². The fraction of sp³-hybridized carbons (Fsp3) is 0.321. The number of carbonyl (C=O) groups is 1. The van der Waals surface area contributed by atoms with Crippen LogP contribution in [0.4, 0.5) is 5.69 Å². The summed E-state index contributed by atoms with van der Waals surface area (Å²) in [4.78, 5) is 15.0. The van der Waals surface area contributed by atoms with E-state index in [2.05, 4.69) is 10.2 Å². The normalized spacial score (nSPS) is 14.8. The average molecular weight is 521 g/mol. The van der Waals surface area contributed by atoms with Gasteiger partial charge in [0.25, 0.3) is 0 Å². The average Bonchev–Trinajstić information content (AvgIpc) is 3.59. The van der Waals surface area contributed by atoms with E-state index in [1.807, 2.05) is 36.4 Å². The second kappa shape index (κ2) is 9.86. The van der Waals surface area contributed by atoms with Crippen molar-refractivity contribution in [2.45, 2.75) is 19.5 Å². The smallest absolute Gasteiger partial charge is 0.231 e. The molecule has 1 amide bonds. The molecule has 0 saturated carbocycles. The number of anilines is 1. The minimum absolute atomic E-state index is 0.0774. The number of hydrogen-bond donors (Lipinski definition) is 1. The van der Waals surface area contributed by atoms with Crippen molar-refractivity contribution in [3.05, 3.63) is 47.5 Å². The maximum Gasteiger partial charge on any atom is 0.231 e. The lowest BCUT2D eigenvalue weighted by atomic mass is 9.93. The highest BCUT2D eigenvalue weighted by Gasteiger charge is 2.36. The Bertz CT molecular complexity index is 1320. The molecule has 3 aromatic carbocycles. The molecule has 0 aliphatic carbocycles. The van der Waals surface area contributed by atoms with Crippen molar-refractivity contribution in [1.29, 1.82) is 0 Å². The topological polar surface area (TPSA) is 97.0 Å². The van der Waals surface area contributed by atoms with Gasteiger partial charge in [-0.25, -0.2) is 0 Å². The highest BCUT2D eigenvalue weighted by atomic mass is 16.7. The molecule has 0 bridgehead atoms. The van der Waals surface area contributed by atoms with E-state index in [-0.39, 0.29) is 19.5 Å². The number of methoxy groups -OCH3 is 3. The van der Waals surface area contributed by atoms with Gasteiger partial charge in [0.2, 0.25) is 31.0 Å². The predicted molar refractivity (Wildman–Crippen MR) is 138 cm³/mol. The van der Waals surface area contributed by atoms with Gasteiger partial charge in [0.1, 0.15) is 5.75 Å². The van der Waals surface area contributed by atoms with E-state index in [1.54, 1.807) is 21.3 Å². The molecule has 0 fully saturated rings. The summed E-state index contributed by atoms with van der Waals surface area (Å²) in [6.45, 7) is 1.84. The molecule has 0 unspecified atom stereocenters. The Balaban J connectivity index is 1.34. The Labute approximate surface area is 219 Å². The van der Waals surface area contributed by atoms with E-state index in [0.717, 1.165) is 33.7 Å². The van der Waals surface area contributed by atoms with Gasteiger partial charge in [0, 0.05) is 42.9 Å². The fourth-order valence-corrected chi connectivity index (χ4v) is 5.13. The summed E-state index contributed by atoms with van der Waals surface area (Å²) in [7, 11) is 4.82. The van der Waals surface area contributed by atoms with E-state index in [4.69, 9.17) is 33.2 Å². The summed E-state index contributed by atoms with van der Waals surface area (Å²) in [6, 6.07) is 11.2. The third kappa shape index (κ3) is 4.16. The molecule has 198 valence electrons. The van der Waals surface area contributed by atoms with Gasteiger partial charge in [-0.3, -0.25) is 9.69 Å². The summed E-state index contributed by atoms with van der Waals surface area (Å²) >= 11 is 0. The van der Waals surface area contributed by atoms with E-state index in [0.29, 0.717) is 60.6 Å². The second-order valence-electron chi connectivity index (χ2n) is 9.09. The molecule has 0 atom stereocenters. The van der Waals surface area contributed by atoms with Crippen molar-refractivity contribution < 1.29 is 38.0 Å². The largest absolute Gasteiger partial charge is 0.497 e. The van der Waals surface area contributed by atoms with Crippen molar-refractivity contribution in [3.63, 3.8) is 0 Å². The van der Waals surface area contributed by atoms with Crippen LogP contribution in [0.3, 0.4) is 0 Å². The Morgan fingerprint density at radius 2 is 1.32 bits per heavy atom. The minimum Gasteiger partial charge on any atom is -0.497 e. The highest BCUT2D eigenvalue weighted by Crippen LogP contribution is 2.57. The number of rotatable bonds is 7. The molecule has 3 aliphatic rings. The lowest BCUT2D eigenvalue weighted by molar-refractivity contribution is -0.116. The first-order valence-corrected chi connectivity index (χ1v) is 12.2. The van der Waals surface area contributed by atoms with Crippen LogP contribution in [0.2, 0.25) is 0 Å². The molecule has 3 heterocycles. The van der Waals surface area contributed by atoms with Gasteiger partial charge in [-0.2, -0.15) is 0 Å². The molecule has 0 radical (unpaired) electrons. The zero-order chi connectivity index (χ0) is 26.2. The Hall–Kier alpha value is -4.31. The summed E-state index contributed by atoms with van der Waals surface area (Å²) in [5.41, 5.74) is 4.43. The predicted octanol–water partition coefficient (Wildman–Crippen LogP) is 4.18. The van der Waals surface area contributed by atoms with Crippen LogP contribution in [-0.2, 0) is 17.9 Å². The molecule has 1 N–H and O–H groups in total. The number of amides is 1. The number of hydrogen-bond acceptors (Lipinski definition) is 9. The molecule has 3 aromatic rings. The highest BCUT2D eigenvalue weighted by molar-refractivity contribution is 5.91. The van der Waals surface area contributed by atoms with Crippen LogP contribution in [-0.4, -0.2) is 52.3 Å². The van der Waals surface area contributed by atoms with Crippen molar-refractivity contribution >= 4 is 11.6 Å². The van der Waals surface area contributed by atoms with E-state index in [1.165, 1.54) is 0 Å². The first-order valence-electron chi connectivity index (χ1n) is 12.2. The zero-order valence-electron chi connectivity index (χ0n) is 21.4. The van der Waals surface area contributed by atoms with Crippen LogP contribution < -0.4 is 38.5 Å². The Kier molecular flexibility index (Phi) is 6.24. The lowest BCUT2D eigenvalue weighted by Gasteiger charge is -2.21. The van der Waals surface area contributed by atoms with E-state index >= 15 is 0 Å². The van der Waals surface area contributed by atoms with Crippen LogP contribution in [0.15, 0.2) is 36.4 Å². The molecule has 3 aliphatic heterocycles. The van der Waals surface area contributed by atoms with Crippen LogP contribution >= 0.6 is 0 Å². The summed E-state index contributed by atoms with van der Waals surface area (Å²) < 4.78 is 39.9. The number of nitrogens with one attached hydrogen (secondary N) is 1. The van der Waals surface area contributed by atoms with Gasteiger partial charge >= 0.3 is 0 Å². The Morgan fingerprint density at radius 1 is 0.789 bits per heavy atom. The molecule has 38 heavy (non-hydrogen) atoms. The molecular formula is C28H28N2O8. The summed E-state index contributed by atoms with van der Waals surface area (Å²) in [6.07, 6.45) is 0.306. The molecular weight excluding hydrogens is 492 g/mol. The second-order valence-corrected chi connectivity index (χ2v) is 9.09. The number of carbonyl (C=O) groups excluding carboxylic acids is 1. The van der Waals surface area contributed by atoms with Gasteiger partial charge < -0.3 is 38.5 Å². The lowest BCUT2D eigenvalue weighted by Crippen LogP contribution is -2.26. The number of ether oxygens (including phenoxy) is 7. The Morgan fingerprint density at radius 3 is 1.82 bits per heavy atom. The van der Waals surface area contributed by atoms with Gasteiger partial charge in [-0.15, -0.1) is 0 Å². The van der Waals surface area contributed by atoms with Gasteiger partial charge in [-0.1, -0.05) is 0 Å². The number of benzene rings is 3. The van der Waals surface area contributed by atoms with E-state index < -0.39 is 0 Å². The minimum atomic E-state index is -0.0774. The third-order valence-corrected chi connectivity index (χ3v) is 6.89. The van der Waals surface area contributed by atoms with Gasteiger partial charge in [-0.05, 0) is 47.5 Å². The zero-order valence-corrected chi connectivity index (χ0v) is 21.4. The van der Waals surface area contributed by atoms with Crippen LogP contribution in [0.1, 0.15) is 17.5 Å². The van der Waals surface area contributed by atoms with Crippen molar-refractivity contribution in [2.24, 2.45) is 0 Å². The van der Waals surface area contributed by atoms with E-state index in [9.17, 15) is 4.79 Å². The molecule has 0 saturated heterocycles. The third-order valence-electron chi connectivity index (χ3n) is 6.89. The summed E-state index contributed by atoms with van der Waals surface area (Å²) in [5.74, 6) is 4.20. The van der Waals surface area contributed by atoms with Crippen molar-refractivity contribution in [3.8, 4) is 51.4 Å². The molecule has 0 aromatic heterocycles. The quantitative estimate of drug-likeness (QED) is 0.492. The molecule has 10 nitrogen and oxygen atoms in total. The molecule has 0 spiro atoms. The number of nitrogens with zero attached hydrogens (tertiary/aromatic N) is 1. The molecule has 10 heteroatoms. The van der Waals surface area contributed by atoms with Gasteiger partial charge in [0.15, 0.2) is 23.0 Å². The first kappa shape index (κ1) is 24.1.